The van der Waals surface area contributed by atoms with Crippen LogP contribution in [0.2, 0.25) is 5.02 Å². The van der Waals surface area contributed by atoms with Crippen LogP contribution in [-0.4, -0.2) is 30.3 Å². The van der Waals surface area contributed by atoms with Crippen LogP contribution < -0.4 is 10.9 Å². The van der Waals surface area contributed by atoms with E-state index < -0.39 is 11.7 Å². The first-order chi connectivity index (χ1) is 14.0. The maximum atomic E-state index is 14.3. The molecule has 2 aromatic carbocycles. The molecule has 0 radical (unpaired) electrons. The van der Waals surface area contributed by atoms with Crippen molar-refractivity contribution >= 4 is 34.2 Å². The molecule has 0 saturated carbocycles. The first-order valence-corrected chi connectivity index (χ1v) is 9.54. The van der Waals surface area contributed by atoms with E-state index in [2.05, 4.69) is 10.3 Å². The minimum Gasteiger partial charge on any atom is -0.508 e. The lowest BCUT2D eigenvalue weighted by Crippen LogP contribution is -2.34. The van der Waals surface area contributed by atoms with E-state index in [0.29, 0.717) is 24.1 Å². The molecule has 1 aliphatic rings. The van der Waals surface area contributed by atoms with E-state index in [1.54, 1.807) is 18.2 Å². The molecule has 3 aromatic rings. The largest absolute Gasteiger partial charge is 0.508 e. The number of aromatic hydroxyl groups is 1. The fourth-order valence-corrected chi connectivity index (χ4v) is 3.32. The number of hydrogen-bond donors (Lipinski definition) is 2. The average molecular weight is 417 g/mol. The summed E-state index contributed by atoms with van der Waals surface area (Å²) in [6.07, 6.45) is 1.82. The van der Waals surface area contributed by atoms with Crippen LogP contribution in [0.4, 0.5) is 10.1 Å². The summed E-state index contributed by atoms with van der Waals surface area (Å²) in [5.74, 6) is -1.14. The van der Waals surface area contributed by atoms with Gasteiger partial charge in [-0.15, -0.1) is 0 Å². The van der Waals surface area contributed by atoms with Gasteiger partial charge in [0.05, 0.1) is 11.1 Å². The normalized spacial score (nSPS) is 17.0. The average Bonchev–Trinajstić information content (AvgIpc) is 3.23. The molecule has 2 N–H and O–H groups in total. The number of carbonyl (C=O) groups is 1. The van der Waals surface area contributed by atoms with Crippen LogP contribution in [0.3, 0.4) is 0 Å². The zero-order chi connectivity index (χ0) is 20.4. The molecule has 8 heteroatoms. The van der Waals surface area contributed by atoms with E-state index in [9.17, 15) is 14.3 Å². The summed E-state index contributed by atoms with van der Waals surface area (Å²) in [6, 6.07) is 10.5. The highest BCUT2D eigenvalue weighted by molar-refractivity contribution is 6.31. The molecule has 0 spiro atoms. The van der Waals surface area contributed by atoms with Gasteiger partial charge in [-0.05, 0) is 43.2 Å². The second-order valence-electron chi connectivity index (χ2n) is 6.72. The quantitative estimate of drug-likeness (QED) is 0.671. The number of fused-ring (bicyclic) bond motifs is 1. The maximum absolute atomic E-state index is 14.3. The molecule has 1 aliphatic heterocycles. The van der Waals surface area contributed by atoms with Crippen LogP contribution in [0.5, 0.6) is 5.75 Å². The van der Waals surface area contributed by atoms with E-state index in [0.717, 1.165) is 12.8 Å². The predicted octanol–water partition coefficient (Wildman–Crippen LogP) is 4.07. The number of ether oxygens (including phenoxy) is 1. The van der Waals surface area contributed by atoms with Crippen molar-refractivity contribution in [3.63, 3.8) is 0 Å². The van der Waals surface area contributed by atoms with Crippen LogP contribution in [0.25, 0.3) is 11.0 Å². The lowest BCUT2D eigenvalue weighted by Gasteiger charge is -2.11. The van der Waals surface area contributed by atoms with Crippen molar-refractivity contribution < 1.29 is 23.4 Å². The molecule has 0 unspecified atom stereocenters. The number of rotatable bonds is 4. The number of phenolic OH excluding ortho intramolecular Hbond substituents is 1. The van der Waals surface area contributed by atoms with Crippen molar-refractivity contribution in [2.24, 2.45) is 4.99 Å². The number of phenols is 1. The summed E-state index contributed by atoms with van der Waals surface area (Å²) in [5, 5.41) is 13.0. The standard InChI is InChI=1S/C21H18ClFN2O4/c22-16-4-1-5-17(19(16)23)25-21-15(20(27)24-11-14-3-2-8-28-14)9-12-6-7-13(26)10-18(12)29-21/h1,4-7,9-10,14,26H,2-3,8,11H2,(H,24,27)/t14-/m0/s1. The van der Waals surface area contributed by atoms with Crippen molar-refractivity contribution in [3.05, 3.63) is 64.4 Å². The highest BCUT2D eigenvalue weighted by Gasteiger charge is 2.19. The number of carbonyl (C=O) groups excluding carboxylic acids is 1. The number of hydrogen-bond acceptors (Lipinski definition) is 5. The Morgan fingerprint density at radius 2 is 2.17 bits per heavy atom. The Morgan fingerprint density at radius 1 is 1.31 bits per heavy atom. The van der Waals surface area contributed by atoms with Crippen molar-refractivity contribution in [1.82, 2.24) is 5.32 Å². The molecule has 1 fully saturated rings. The number of halogens is 2. The molecule has 0 aliphatic carbocycles. The van der Waals surface area contributed by atoms with Gasteiger partial charge in [0.15, 0.2) is 5.82 Å². The van der Waals surface area contributed by atoms with Crippen molar-refractivity contribution in [3.8, 4) is 5.75 Å². The van der Waals surface area contributed by atoms with E-state index in [-0.39, 0.29) is 33.7 Å². The molecule has 29 heavy (non-hydrogen) atoms. The zero-order valence-corrected chi connectivity index (χ0v) is 16.1. The molecular weight excluding hydrogens is 399 g/mol. The Hall–Kier alpha value is -2.90. The summed E-state index contributed by atoms with van der Waals surface area (Å²) < 4.78 is 25.6. The first kappa shape index (κ1) is 19.4. The fraction of sp³-hybridized carbons (Fsp3) is 0.238. The van der Waals surface area contributed by atoms with Gasteiger partial charge in [0, 0.05) is 24.6 Å². The SMILES string of the molecule is O=C(NC[C@@H]1CCCO1)c1cc2ccc(O)cc2oc1=Nc1cccc(Cl)c1F. The Morgan fingerprint density at radius 3 is 2.97 bits per heavy atom. The molecule has 6 nitrogen and oxygen atoms in total. The number of benzene rings is 2. The van der Waals surface area contributed by atoms with Crippen molar-refractivity contribution in [2.45, 2.75) is 18.9 Å². The second kappa shape index (κ2) is 8.23. The van der Waals surface area contributed by atoms with Gasteiger partial charge < -0.3 is 19.6 Å². The van der Waals surface area contributed by atoms with Gasteiger partial charge in [-0.1, -0.05) is 17.7 Å². The molecule has 1 saturated heterocycles. The van der Waals surface area contributed by atoms with Gasteiger partial charge in [-0.2, -0.15) is 0 Å². The molecule has 0 bridgehead atoms. The molecule has 4 rings (SSSR count). The second-order valence-corrected chi connectivity index (χ2v) is 7.12. The van der Waals surface area contributed by atoms with Crippen LogP contribution in [-0.2, 0) is 4.74 Å². The van der Waals surface area contributed by atoms with Crippen LogP contribution >= 0.6 is 11.6 Å². The number of amides is 1. The smallest absolute Gasteiger partial charge is 0.256 e. The highest BCUT2D eigenvalue weighted by Crippen LogP contribution is 2.25. The number of nitrogens with zero attached hydrogens (tertiary/aromatic N) is 1. The Kier molecular flexibility index (Phi) is 5.51. The van der Waals surface area contributed by atoms with Gasteiger partial charge in [-0.3, -0.25) is 4.79 Å². The van der Waals surface area contributed by atoms with E-state index in [1.165, 1.54) is 24.3 Å². The first-order valence-electron chi connectivity index (χ1n) is 9.16. The summed E-state index contributed by atoms with van der Waals surface area (Å²) in [4.78, 5) is 17.0. The zero-order valence-electron chi connectivity index (χ0n) is 15.3. The van der Waals surface area contributed by atoms with Crippen LogP contribution in [0, 0.1) is 5.82 Å². The van der Waals surface area contributed by atoms with Crippen LogP contribution in [0.15, 0.2) is 51.9 Å². The molecule has 1 amide bonds. The number of nitrogens with one attached hydrogen (secondary N) is 1. The topological polar surface area (TPSA) is 84.1 Å². The van der Waals surface area contributed by atoms with Gasteiger partial charge in [0.25, 0.3) is 5.91 Å². The molecule has 1 atom stereocenters. The Bertz CT molecular complexity index is 1140. The predicted molar refractivity (Wildman–Crippen MR) is 106 cm³/mol. The third-order valence-corrected chi connectivity index (χ3v) is 4.94. The van der Waals surface area contributed by atoms with Gasteiger partial charge >= 0.3 is 0 Å². The van der Waals surface area contributed by atoms with E-state index in [1.807, 2.05) is 0 Å². The molecule has 150 valence electrons. The lowest BCUT2D eigenvalue weighted by atomic mass is 10.1. The summed E-state index contributed by atoms with van der Waals surface area (Å²) in [5.41, 5.74) is 0.297. The summed E-state index contributed by atoms with van der Waals surface area (Å²) in [7, 11) is 0. The summed E-state index contributed by atoms with van der Waals surface area (Å²) >= 11 is 5.83. The monoisotopic (exact) mass is 416 g/mol. The summed E-state index contributed by atoms with van der Waals surface area (Å²) in [6.45, 7) is 1.04. The Balaban J connectivity index is 1.79. The fourth-order valence-electron chi connectivity index (χ4n) is 3.15. The maximum Gasteiger partial charge on any atom is 0.256 e. The highest BCUT2D eigenvalue weighted by atomic mass is 35.5. The molecule has 1 aromatic heterocycles. The third kappa shape index (κ3) is 4.26. The van der Waals surface area contributed by atoms with Gasteiger partial charge in [-0.25, -0.2) is 9.38 Å². The minimum atomic E-state index is -0.717. The van der Waals surface area contributed by atoms with Crippen molar-refractivity contribution in [2.75, 3.05) is 13.2 Å². The van der Waals surface area contributed by atoms with E-state index in [4.69, 9.17) is 20.8 Å². The van der Waals surface area contributed by atoms with Gasteiger partial charge in [0.1, 0.15) is 22.6 Å². The van der Waals surface area contributed by atoms with Crippen LogP contribution in [0.1, 0.15) is 23.2 Å². The molecule has 2 heterocycles. The Labute approximate surface area is 170 Å². The lowest BCUT2D eigenvalue weighted by molar-refractivity contribution is 0.0854. The third-order valence-electron chi connectivity index (χ3n) is 4.65. The van der Waals surface area contributed by atoms with Gasteiger partial charge in [0.2, 0.25) is 5.55 Å². The molecular formula is C21H18ClFN2O4. The van der Waals surface area contributed by atoms with E-state index >= 15 is 0 Å². The van der Waals surface area contributed by atoms with Crippen molar-refractivity contribution in [1.29, 1.82) is 0 Å². The minimum absolute atomic E-state index is 0.00304.